The maximum absolute atomic E-state index is 11.0. The van der Waals surface area contributed by atoms with Crippen LogP contribution < -0.4 is 11.1 Å². The van der Waals surface area contributed by atoms with Gasteiger partial charge in [-0.05, 0) is 26.2 Å². The molecule has 76 valence electrons. The van der Waals surface area contributed by atoms with Gasteiger partial charge in [0.1, 0.15) is 6.61 Å². The van der Waals surface area contributed by atoms with Gasteiger partial charge in [0.25, 0.3) is 0 Å². The molecule has 4 heteroatoms. The van der Waals surface area contributed by atoms with Crippen molar-refractivity contribution in [2.75, 3.05) is 13.2 Å². The fourth-order valence-corrected chi connectivity index (χ4v) is 1.59. The fraction of sp³-hybridized carbons (Fsp3) is 0.889. The van der Waals surface area contributed by atoms with E-state index >= 15 is 0 Å². The molecule has 1 fully saturated rings. The molecule has 1 amide bonds. The molecule has 1 rings (SSSR count). The van der Waals surface area contributed by atoms with Gasteiger partial charge in [0, 0.05) is 12.6 Å². The highest BCUT2D eigenvalue weighted by atomic mass is 16.5. The van der Waals surface area contributed by atoms with E-state index in [-0.39, 0.29) is 24.7 Å². The molecule has 1 aliphatic carbocycles. The van der Waals surface area contributed by atoms with Crippen LogP contribution in [0.25, 0.3) is 0 Å². The smallest absolute Gasteiger partial charge is 0.246 e. The third-order valence-corrected chi connectivity index (χ3v) is 2.31. The second-order valence-electron chi connectivity index (χ2n) is 3.40. The number of carbonyl (C=O) groups is 1. The van der Waals surface area contributed by atoms with E-state index in [1.807, 2.05) is 6.92 Å². The van der Waals surface area contributed by atoms with E-state index in [1.54, 1.807) is 0 Å². The minimum absolute atomic E-state index is 0.0541. The van der Waals surface area contributed by atoms with Crippen LogP contribution in [0.15, 0.2) is 0 Å². The van der Waals surface area contributed by atoms with Crippen LogP contribution in [0.1, 0.15) is 26.2 Å². The Labute approximate surface area is 78.8 Å². The number of amides is 1. The first-order valence-electron chi connectivity index (χ1n) is 4.88. The quantitative estimate of drug-likeness (QED) is 0.650. The molecule has 13 heavy (non-hydrogen) atoms. The fourth-order valence-electron chi connectivity index (χ4n) is 1.59. The number of nitrogens with one attached hydrogen (secondary N) is 1. The third kappa shape index (κ3) is 3.32. The Kier molecular flexibility index (Phi) is 4.18. The Bertz CT molecular complexity index is 173. The van der Waals surface area contributed by atoms with Gasteiger partial charge in [-0.1, -0.05) is 0 Å². The van der Waals surface area contributed by atoms with E-state index in [0.29, 0.717) is 6.54 Å². The van der Waals surface area contributed by atoms with E-state index in [1.165, 1.54) is 0 Å². The summed E-state index contributed by atoms with van der Waals surface area (Å²) in [6.07, 6.45) is 3.20. The molecule has 1 saturated carbocycles. The molecule has 0 aromatic heterocycles. The van der Waals surface area contributed by atoms with E-state index in [0.717, 1.165) is 19.3 Å². The van der Waals surface area contributed by atoms with Crippen molar-refractivity contribution in [3.8, 4) is 0 Å². The van der Waals surface area contributed by atoms with Gasteiger partial charge in [0.05, 0.1) is 6.10 Å². The Morgan fingerprint density at radius 3 is 2.92 bits per heavy atom. The van der Waals surface area contributed by atoms with Crippen LogP contribution in [0.2, 0.25) is 0 Å². The van der Waals surface area contributed by atoms with E-state index in [9.17, 15) is 4.79 Å². The maximum atomic E-state index is 11.0. The van der Waals surface area contributed by atoms with Gasteiger partial charge in [0.15, 0.2) is 0 Å². The Morgan fingerprint density at radius 1 is 1.62 bits per heavy atom. The number of carbonyl (C=O) groups excluding carboxylic acids is 1. The molecule has 0 bridgehead atoms. The summed E-state index contributed by atoms with van der Waals surface area (Å²) in [6.45, 7) is 2.68. The van der Waals surface area contributed by atoms with Gasteiger partial charge in [-0.3, -0.25) is 4.79 Å². The molecule has 0 heterocycles. The monoisotopic (exact) mass is 186 g/mol. The van der Waals surface area contributed by atoms with Gasteiger partial charge in [-0.15, -0.1) is 0 Å². The average molecular weight is 186 g/mol. The van der Waals surface area contributed by atoms with Crippen molar-refractivity contribution >= 4 is 5.91 Å². The van der Waals surface area contributed by atoms with E-state index in [4.69, 9.17) is 10.5 Å². The van der Waals surface area contributed by atoms with Crippen LogP contribution in [0, 0.1) is 0 Å². The lowest BCUT2D eigenvalue weighted by Gasteiger charge is -2.15. The highest BCUT2D eigenvalue weighted by Crippen LogP contribution is 2.19. The summed E-state index contributed by atoms with van der Waals surface area (Å²) in [5.41, 5.74) is 5.78. The van der Waals surface area contributed by atoms with Crippen molar-refractivity contribution < 1.29 is 9.53 Å². The van der Waals surface area contributed by atoms with Gasteiger partial charge in [-0.2, -0.15) is 0 Å². The standard InChI is InChI=1S/C9H18N2O2/c1-2-11-9(12)6-13-8-5-3-4-7(8)10/h7-8H,2-6,10H2,1H3,(H,11,12). The lowest BCUT2D eigenvalue weighted by Crippen LogP contribution is -2.35. The maximum Gasteiger partial charge on any atom is 0.246 e. The highest BCUT2D eigenvalue weighted by molar-refractivity contribution is 5.77. The predicted molar refractivity (Wildman–Crippen MR) is 50.3 cm³/mol. The molecular weight excluding hydrogens is 168 g/mol. The molecular formula is C9H18N2O2. The Balaban J connectivity index is 2.14. The van der Waals surface area contributed by atoms with Gasteiger partial charge >= 0.3 is 0 Å². The summed E-state index contributed by atoms with van der Waals surface area (Å²) in [4.78, 5) is 11.0. The summed E-state index contributed by atoms with van der Waals surface area (Å²) in [7, 11) is 0. The molecule has 1 aliphatic rings. The molecule has 2 atom stereocenters. The lowest BCUT2D eigenvalue weighted by atomic mass is 10.2. The zero-order chi connectivity index (χ0) is 9.68. The van der Waals surface area contributed by atoms with Crippen molar-refractivity contribution in [1.82, 2.24) is 5.32 Å². The second-order valence-corrected chi connectivity index (χ2v) is 3.40. The van der Waals surface area contributed by atoms with Crippen molar-refractivity contribution in [2.45, 2.75) is 38.3 Å². The largest absolute Gasteiger partial charge is 0.367 e. The first kappa shape index (κ1) is 10.5. The molecule has 4 nitrogen and oxygen atoms in total. The van der Waals surface area contributed by atoms with Crippen LogP contribution in [-0.4, -0.2) is 31.2 Å². The third-order valence-electron chi connectivity index (χ3n) is 2.31. The first-order valence-corrected chi connectivity index (χ1v) is 4.88. The van der Waals surface area contributed by atoms with Crippen molar-refractivity contribution in [3.63, 3.8) is 0 Å². The average Bonchev–Trinajstić information content (AvgIpc) is 2.48. The van der Waals surface area contributed by atoms with Crippen LogP contribution >= 0.6 is 0 Å². The topological polar surface area (TPSA) is 64.3 Å². The molecule has 0 spiro atoms. The first-order chi connectivity index (χ1) is 6.24. The summed E-state index contributed by atoms with van der Waals surface area (Å²) in [5.74, 6) is -0.0541. The molecule has 0 radical (unpaired) electrons. The molecule has 0 aromatic rings. The van der Waals surface area contributed by atoms with Crippen LogP contribution in [0.3, 0.4) is 0 Å². The van der Waals surface area contributed by atoms with Crippen LogP contribution in [0.4, 0.5) is 0 Å². The SMILES string of the molecule is CCNC(=O)COC1CCCC1N. The van der Waals surface area contributed by atoms with Gasteiger partial charge in [0.2, 0.25) is 5.91 Å². The second kappa shape index (κ2) is 5.19. The summed E-state index contributed by atoms with van der Waals surface area (Å²) >= 11 is 0. The van der Waals surface area contributed by atoms with Gasteiger partial charge < -0.3 is 15.8 Å². The van der Waals surface area contributed by atoms with Crippen molar-refractivity contribution in [2.24, 2.45) is 5.73 Å². The number of likely N-dealkylation sites (N-methyl/N-ethyl adjacent to an activating group) is 1. The molecule has 0 saturated heterocycles. The van der Waals surface area contributed by atoms with Crippen LogP contribution in [-0.2, 0) is 9.53 Å². The summed E-state index contributed by atoms with van der Waals surface area (Å²) < 4.78 is 5.39. The van der Waals surface area contributed by atoms with Crippen molar-refractivity contribution in [1.29, 1.82) is 0 Å². The number of ether oxygens (including phenoxy) is 1. The summed E-state index contributed by atoms with van der Waals surface area (Å²) in [6, 6.07) is 0.120. The molecule has 0 aromatic carbocycles. The number of nitrogens with two attached hydrogens (primary N) is 1. The Hall–Kier alpha value is -0.610. The molecule has 0 aliphatic heterocycles. The molecule has 2 unspecified atom stereocenters. The minimum Gasteiger partial charge on any atom is -0.367 e. The normalized spacial score (nSPS) is 27.5. The Morgan fingerprint density at radius 2 is 2.38 bits per heavy atom. The van der Waals surface area contributed by atoms with E-state index < -0.39 is 0 Å². The minimum atomic E-state index is -0.0541. The lowest BCUT2D eigenvalue weighted by molar-refractivity contribution is -0.127. The highest BCUT2D eigenvalue weighted by Gasteiger charge is 2.24. The van der Waals surface area contributed by atoms with E-state index in [2.05, 4.69) is 5.32 Å². The number of rotatable bonds is 4. The zero-order valence-electron chi connectivity index (χ0n) is 8.08. The summed E-state index contributed by atoms with van der Waals surface area (Å²) in [5, 5.41) is 2.68. The predicted octanol–water partition coefficient (Wildman–Crippen LogP) is 0.0189. The zero-order valence-corrected chi connectivity index (χ0v) is 8.08. The van der Waals surface area contributed by atoms with Gasteiger partial charge in [-0.25, -0.2) is 0 Å². The van der Waals surface area contributed by atoms with Crippen LogP contribution in [0.5, 0.6) is 0 Å². The number of hydrogen-bond donors (Lipinski definition) is 2. The van der Waals surface area contributed by atoms with Crippen molar-refractivity contribution in [3.05, 3.63) is 0 Å². The number of hydrogen-bond acceptors (Lipinski definition) is 3. The molecule has 3 N–H and O–H groups in total.